The molecular weight excluding hydrogens is 412 g/mol. The van der Waals surface area contributed by atoms with Crippen molar-refractivity contribution in [3.63, 3.8) is 0 Å². The Hall–Kier alpha value is -4.07. The molecule has 0 aliphatic carbocycles. The number of carbonyl (C=O) groups is 2. The quantitative estimate of drug-likeness (QED) is 0.466. The molecule has 4 rings (SSSR count). The third kappa shape index (κ3) is 4.07. The fourth-order valence-corrected chi connectivity index (χ4v) is 3.48. The Labute approximate surface area is 184 Å². The number of nitrogens with zero attached hydrogens (tertiary/aromatic N) is 2. The summed E-state index contributed by atoms with van der Waals surface area (Å²) in [5, 5.41) is 25.5. The van der Waals surface area contributed by atoms with Crippen LogP contribution in [0, 0.1) is 13.8 Å². The van der Waals surface area contributed by atoms with Crippen molar-refractivity contribution in [1.82, 2.24) is 5.01 Å². The zero-order chi connectivity index (χ0) is 22.8. The standard InChI is InChI=1S/C24H22N2O6/c1-14-5-8-16(9-6-14)18-12-19(20-4-3-11-31-20)26(25-18)21(27)13-32-24(30)17-10-7-15(2)22(28)23(17)29/h3-11,19,28-29H,12-13H2,1-2H3. The largest absolute Gasteiger partial charge is 0.504 e. The van der Waals surface area contributed by atoms with E-state index in [-0.39, 0.29) is 5.56 Å². The molecule has 1 unspecified atom stereocenters. The number of furan rings is 1. The molecule has 1 aliphatic heterocycles. The summed E-state index contributed by atoms with van der Waals surface area (Å²) in [6, 6.07) is 13.6. The van der Waals surface area contributed by atoms with Crippen LogP contribution in [0.2, 0.25) is 0 Å². The predicted octanol–water partition coefficient (Wildman–Crippen LogP) is 3.84. The van der Waals surface area contributed by atoms with Crippen molar-refractivity contribution < 1.29 is 29.0 Å². The first-order valence-corrected chi connectivity index (χ1v) is 10.0. The molecule has 0 bridgehead atoms. The van der Waals surface area contributed by atoms with Crippen molar-refractivity contribution in [2.24, 2.45) is 5.10 Å². The molecule has 0 saturated heterocycles. The van der Waals surface area contributed by atoms with Gasteiger partial charge in [-0.15, -0.1) is 0 Å². The summed E-state index contributed by atoms with van der Waals surface area (Å²) >= 11 is 0. The summed E-state index contributed by atoms with van der Waals surface area (Å²) in [4.78, 5) is 25.3. The first-order valence-electron chi connectivity index (χ1n) is 10.0. The molecule has 0 saturated carbocycles. The monoisotopic (exact) mass is 434 g/mol. The summed E-state index contributed by atoms with van der Waals surface area (Å²) in [5.41, 5.74) is 2.90. The highest BCUT2D eigenvalue weighted by atomic mass is 16.5. The number of hydrazone groups is 1. The molecule has 8 heteroatoms. The Morgan fingerprint density at radius 1 is 1.09 bits per heavy atom. The number of carbonyl (C=O) groups excluding carboxylic acids is 2. The van der Waals surface area contributed by atoms with Gasteiger partial charge in [0.05, 0.1) is 12.0 Å². The molecule has 0 spiro atoms. The molecule has 2 heterocycles. The maximum Gasteiger partial charge on any atom is 0.342 e. The number of aromatic hydroxyl groups is 2. The fourth-order valence-electron chi connectivity index (χ4n) is 3.48. The van der Waals surface area contributed by atoms with Gasteiger partial charge in [-0.1, -0.05) is 35.9 Å². The number of ether oxygens (including phenoxy) is 1. The molecule has 2 aromatic carbocycles. The second-order valence-corrected chi connectivity index (χ2v) is 7.59. The SMILES string of the molecule is Cc1ccc(C2=NN(C(=O)COC(=O)c3ccc(C)c(O)c3O)C(c3ccco3)C2)cc1. The fraction of sp³-hybridized carbons (Fsp3) is 0.208. The second-order valence-electron chi connectivity index (χ2n) is 7.59. The van der Waals surface area contributed by atoms with E-state index in [4.69, 9.17) is 9.15 Å². The topological polar surface area (TPSA) is 113 Å². The minimum atomic E-state index is -0.928. The lowest BCUT2D eigenvalue weighted by atomic mass is 10.0. The highest BCUT2D eigenvalue weighted by Gasteiger charge is 2.35. The second kappa shape index (κ2) is 8.58. The molecule has 1 aliphatic rings. The average Bonchev–Trinajstić information content (AvgIpc) is 3.46. The van der Waals surface area contributed by atoms with E-state index < -0.39 is 36.0 Å². The molecule has 8 nitrogen and oxygen atoms in total. The maximum absolute atomic E-state index is 12.9. The molecule has 2 N–H and O–H groups in total. The normalized spacial score (nSPS) is 15.5. The first-order chi connectivity index (χ1) is 15.3. The van der Waals surface area contributed by atoms with Gasteiger partial charge in [0, 0.05) is 6.42 Å². The van der Waals surface area contributed by atoms with Crippen LogP contribution in [0.5, 0.6) is 11.5 Å². The van der Waals surface area contributed by atoms with Gasteiger partial charge in [-0.05, 0) is 43.2 Å². The smallest absolute Gasteiger partial charge is 0.342 e. The number of aryl methyl sites for hydroxylation is 2. The molecule has 32 heavy (non-hydrogen) atoms. The molecule has 1 amide bonds. The van der Waals surface area contributed by atoms with Crippen LogP contribution in [0.25, 0.3) is 0 Å². The Morgan fingerprint density at radius 3 is 2.53 bits per heavy atom. The number of phenolic OH excluding ortho intramolecular Hbond substituents is 2. The lowest BCUT2D eigenvalue weighted by molar-refractivity contribution is -0.136. The minimum absolute atomic E-state index is 0.228. The molecular formula is C24H22N2O6. The van der Waals surface area contributed by atoms with Gasteiger partial charge in [0.25, 0.3) is 5.91 Å². The Kier molecular flexibility index (Phi) is 5.68. The van der Waals surface area contributed by atoms with Crippen LogP contribution < -0.4 is 0 Å². The zero-order valence-corrected chi connectivity index (χ0v) is 17.6. The summed E-state index contributed by atoms with van der Waals surface area (Å²) in [7, 11) is 0. The summed E-state index contributed by atoms with van der Waals surface area (Å²) in [5.74, 6) is -1.90. The molecule has 3 aromatic rings. The molecule has 1 atom stereocenters. The number of amides is 1. The van der Waals surface area contributed by atoms with Crippen LogP contribution in [-0.4, -0.2) is 39.4 Å². The van der Waals surface area contributed by atoms with Gasteiger partial charge in [0.15, 0.2) is 18.1 Å². The van der Waals surface area contributed by atoms with E-state index in [0.717, 1.165) is 11.1 Å². The van der Waals surface area contributed by atoms with Crippen LogP contribution in [0.1, 0.15) is 45.3 Å². The van der Waals surface area contributed by atoms with Crippen molar-refractivity contribution in [2.75, 3.05) is 6.61 Å². The van der Waals surface area contributed by atoms with Gasteiger partial charge in [0.1, 0.15) is 17.4 Å². The number of esters is 1. The van der Waals surface area contributed by atoms with Gasteiger partial charge in [-0.2, -0.15) is 5.10 Å². The maximum atomic E-state index is 12.9. The van der Waals surface area contributed by atoms with E-state index in [1.54, 1.807) is 19.1 Å². The van der Waals surface area contributed by atoms with Gasteiger partial charge < -0.3 is 19.4 Å². The van der Waals surface area contributed by atoms with E-state index in [0.29, 0.717) is 23.5 Å². The van der Waals surface area contributed by atoms with E-state index in [9.17, 15) is 19.8 Å². The van der Waals surface area contributed by atoms with E-state index >= 15 is 0 Å². The van der Waals surface area contributed by atoms with Gasteiger partial charge in [0.2, 0.25) is 0 Å². The summed E-state index contributed by atoms with van der Waals surface area (Å²) in [6.45, 7) is 2.98. The van der Waals surface area contributed by atoms with Crippen molar-refractivity contribution in [3.8, 4) is 11.5 Å². The van der Waals surface area contributed by atoms with Crippen molar-refractivity contribution >= 4 is 17.6 Å². The van der Waals surface area contributed by atoms with Crippen molar-refractivity contribution in [3.05, 3.63) is 82.8 Å². The number of rotatable bonds is 5. The molecule has 0 fully saturated rings. The van der Waals surface area contributed by atoms with Crippen LogP contribution in [0.15, 0.2) is 64.3 Å². The average molecular weight is 434 g/mol. The van der Waals surface area contributed by atoms with Crippen molar-refractivity contribution in [1.29, 1.82) is 0 Å². The van der Waals surface area contributed by atoms with Crippen molar-refractivity contribution in [2.45, 2.75) is 26.3 Å². The van der Waals surface area contributed by atoms with Gasteiger partial charge in [-0.3, -0.25) is 4.79 Å². The highest BCUT2D eigenvalue weighted by Crippen LogP contribution is 2.34. The molecule has 0 radical (unpaired) electrons. The van der Waals surface area contributed by atoms with Gasteiger partial charge in [-0.25, -0.2) is 9.80 Å². The highest BCUT2D eigenvalue weighted by molar-refractivity contribution is 6.03. The lowest BCUT2D eigenvalue weighted by Crippen LogP contribution is -2.31. The minimum Gasteiger partial charge on any atom is -0.504 e. The zero-order valence-electron chi connectivity index (χ0n) is 17.6. The number of phenols is 2. The van der Waals surface area contributed by atoms with E-state index in [1.807, 2.05) is 31.2 Å². The predicted molar refractivity (Wildman–Crippen MR) is 115 cm³/mol. The Bertz CT molecular complexity index is 1180. The number of hydrogen-bond acceptors (Lipinski definition) is 7. The van der Waals surface area contributed by atoms with Crippen LogP contribution in [0.3, 0.4) is 0 Å². The van der Waals surface area contributed by atoms with Crippen LogP contribution >= 0.6 is 0 Å². The summed E-state index contributed by atoms with van der Waals surface area (Å²) in [6.07, 6.45) is 1.97. The Morgan fingerprint density at radius 2 is 1.84 bits per heavy atom. The third-order valence-corrected chi connectivity index (χ3v) is 5.32. The Balaban J connectivity index is 1.52. The first kappa shape index (κ1) is 21.2. The van der Waals surface area contributed by atoms with Crippen LogP contribution in [-0.2, 0) is 9.53 Å². The van der Waals surface area contributed by atoms with Crippen LogP contribution in [0.4, 0.5) is 0 Å². The third-order valence-electron chi connectivity index (χ3n) is 5.32. The van der Waals surface area contributed by atoms with E-state index in [1.165, 1.54) is 23.4 Å². The molecule has 164 valence electrons. The van der Waals surface area contributed by atoms with E-state index in [2.05, 4.69) is 5.10 Å². The summed E-state index contributed by atoms with van der Waals surface area (Å²) < 4.78 is 10.6. The number of benzene rings is 2. The lowest BCUT2D eigenvalue weighted by Gasteiger charge is -2.19. The molecule has 1 aromatic heterocycles. The number of hydrogen-bond donors (Lipinski definition) is 2. The van der Waals surface area contributed by atoms with Gasteiger partial charge >= 0.3 is 5.97 Å².